The van der Waals surface area contributed by atoms with Crippen molar-refractivity contribution in [3.8, 4) is 16.3 Å². The van der Waals surface area contributed by atoms with E-state index >= 15 is 0 Å². The highest BCUT2D eigenvalue weighted by Crippen LogP contribution is 2.27. The van der Waals surface area contributed by atoms with Gasteiger partial charge in [0, 0.05) is 5.56 Å². The van der Waals surface area contributed by atoms with Crippen molar-refractivity contribution >= 4 is 11.3 Å². The van der Waals surface area contributed by atoms with E-state index in [1.165, 1.54) is 0 Å². The Balaban J connectivity index is 2.04. The van der Waals surface area contributed by atoms with E-state index in [1.54, 1.807) is 11.3 Å². The van der Waals surface area contributed by atoms with E-state index in [-0.39, 0.29) is 6.04 Å². The lowest BCUT2D eigenvalue weighted by Gasteiger charge is -2.05. The van der Waals surface area contributed by atoms with Gasteiger partial charge in [0.25, 0.3) is 0 Å². The minimum absolute atomic E-state index is 0.234. The fraction of sp³-hybridized carbons (Fsp3) is 0.467. The summed E-state index contributed by atoms with van der Waals surface area (Å²) in [5.74, 6) is 0.913. The first kappa shape index (κ1) is 14.9. The Morgan fingerprint density at radius 2 is 2.00 bits per heavy atom. The van der Waals surface area contributed by atoms with E-state index in [0.717, 1.165) is 40.8 Å². The van der Waals surface area contributed by atoms with Gasteiger partial charge in [-0.25, -0.2) is 0 Å². The van der Waals surface area contributed by atoms with Crippen molar-refractivity contribution in [2.24, 2.45) is 0 Å². The molecule has 5 heteroatoms. The highest BCUT2D eigenvalue weighted by Gasteiger charge is 2.11. The zero-order valence-corrected chi connectivity index (χ0v) is 13.0. The Hall–Kier alpha value is -1.46. The summed E-state index contributed by atoms with van der Waals surface area (Å²) in [4.78, 5) is 0. The SMILES string of the molecule is CCCCOc1ccc(-c2nnc(C(C)NC)s2)cc1. The Morgan fingerprint density at radius 1 is 1.25 bits per heavy atom. The smallest absolute Gasteiger partial charge is 0.147 e. The molecule has 108 valence electrons. The van der Waals surface area contributed by atoms with Crippen molar-refractivity contribution in [3.63, 3.8) is 0 Å². The largest absolute Gasteiger partial charge is 0.494 e. The third-order valence-electron chi connectivity index (χ3n) is 3.11. The monoisotopic (exact) mass is 291 g/mol. The maximum Gasteiger partial charge on any atom is 0.147 e. The molecule has 1 heterocycles. The van der Waals surface area contributed by atoms with Crippen LogP contribution in [0.5, 0.6) is 5.75 Å². The van der Waals surface area contributed by atoms with Gasteiger partial charge in [-0.05, 0) is 44.7 Å². The Morgan fingerprint density at radius 3 is 2.65 bits per heavy atom. The van der Waals surface area contributed by atoms with E-state index < -0.39 is 0 Å². The van der Waals surface area contributed by atoms with Crippen LogP contribution < -0.4 is 10.1 Å². The molecule has 1 aromatic heterocycles. The predicted octanol–water partition coefficient (Wildman–Crippen LogP) is 3.66. The fourth-order valence-electron chi connectivity index (χ4n) is 1.68. The third kappa shape index (κ3) is 3.77. The van der Waals surface area contributed by atoms with Gasteiger partial charge in [-0.3, -0.25) is 0 Å². The highest BCUT2D eigenvalue weighted by atomic mass is 32.1. The Labute approximate surface area is 124 Å². The third-order valence-corrected chi connectivity index (χ3v) is 4.27. The number of hydrogen-bond acceptors (Lipinski definition) is 5. The standard InChI is InChI=1S/C15H21N3OS/c1-4-5-10-19-13-8-6-12(7-9-13)15-18-17-14(20-15)11(2)16-3/h6-9,11,16H,4-5,10H2,1-3H3. The second kappa shape index (κ2) is 7.36. The van der Waals surface area contributed by atoms with Crippen molar-refractivity contribution < 1.29 is 4.74 Å². The molecule has 0 amide bonds. The molecule has 1 N–H and O–H groups in total. The molecule has 0 saturated heterocycles. The molecule has 4 nitrogen and oxygen atoms in total. The zero-order valence-electron chi connectivity index (χ0n) is 12.2. The van der Waals surface area contributed by atoms with E-state index in [0.29, 0.717) is 0 Å². The van der Waals surface area contributed by atoms with Gasteiger partial charge >= 0.3 is 0 Å². The molecular weight excluding hydrogens is 270 g/mol. The lowest BCUT2D eigenvalue weighted by Crippen LogP contribution is -2.11. The Kier molecular flexibility index (Phi) is 5.49. The van der Waals surface area contributed by atoms with Crippen molar-refractivity contribution in [1.82, 2.24) is 15.5 Å². The average molecular weight is 291 g/mol. The fourth-order valence-corrected chi connectivity index (χ4v) is 2.59. The van der Waals surface area contributed by atoms with Crippen LogP contribution in [-0.2, 0) is 0 Å². The number of nitrogens with one attached hydrogen (secondary N) is 1. The summed E-state index contributed by atoms with van der Waals surface area (Å²) in [7, 11) is 1.92. The van der Waals surface area contributed by atoms with Crippen LogP contribution in [0.3, 0.4) is 0 Å². The van der Waals surface area contributed by atoms with Gasteiger partial charge in [0.15, 0.2) is 0 Å². The molecule has 1 atom stereocenters. The van der Waals surface area contributed by atoms with E-state index in [2.05, 4.69) is 29.4 Å². The first-order valence-corrected chi connectivity index (χ1v) is 7.80. The molecule has 0 spiro atoms. The maximum absolute atomic E-state index is 5.66. The summed E-state index contributed by atoms with van der Waals surface area (Å²) < 4.78 is 5.66. The first-order chi connectivity index (χ1) is 9.74. The van der Waals surface area contributed by atoms with Crippen LogP contribution in [0.4, 0.5) is 0 Å². The number of hydrogen-bond donors (Lipinski definition) is 1. The lowest BCUT2D eigenvalue weighted by atomic mass is 10.2. The summed E-state index contributed by atoms with van der Waals surface area (Å²) in [6.07, 6.45) is 2.23. The lowest BCUT2D eigenvalue weighted by molar-refractivity contribution is 0.309. The van der Waals surface area contributed by atoms with Crippen molar-refractivity contribution in [2.75, 3.05) is 13.7 Å². The summed E-state index contributed by atoms with van der Waals surface area (Å²) >= 11 is 1.62. The van der Waals surface area contributed by atoms with Crippen molar-refractivity contribution in [2.45, 2.75) is 32.7 Å². The molecule has 1 unspecified atom stereocenters. The van der Waals surface area contributed by atoms with E-state index in [4.69, 9.17) is 4.74 Å². The first-order valence-electron chi connectivity index (χ1n) is 6.98. The van der Waals surface area contributed by atoms with Crippen LogP contribution in [0.15, 0.2) is 24.3 Å². The molecule has 0 aliphatic heterocycles. The normalized spacial score (nSPS) is 12.3. The second-order valence-corrected chi connectivity index (χ2v) is 5.69. The molecular formula is C15H21N3OS. The summed E-state index contributed by atoms with van der Waals surface area (Å²) in [5, 5.41) is 13.6. The highest BCUT2D eigenvalue weighted by molar-refractivity contribution is 7.14. The van der Waals surface area contributed by atoms with Crippen LogP contribution in [-0.4, -0.2) is 23.9 Å². The van der Waals surface area contributed by atoms with Gasteiger partial charge in [-0.1, -0.05) is 24.7 Å². The molecule has 20 heavy (non-hydrogen) atoms. The number of ether oxygens (including phenoxy) is 1. The van der Waals surface area contributed by atoms with E-state index in [9.17, 15) is 0 Å². The maximum atomic E-state index is 5.66. The van der Waals surface area contributed by atoms with Crippen LogP contribution >= 0.6 is 11.3 Å². The number of unbranched alkanes of at least 4 members (excludes halogenated alkanes) is 1. The number of nitrogens with zero attached hydrogens (tertiary/aromatic N) is 2. The van der Waals surface area contributed by atoms with Gasteiger partial charge in [0.05, 0.1) is 12.6 Å². The quantitative estimate of drug-likeness (QED) is 0.791. The summed E-state index contributed by atoms with van der Waals surface area (Å²) in [6, 6.07) is 8.30. The van der Waals surface area contributed by atoms with Crippen LogP contribution in [0.1, 0.15) is 37.7 Å². The Bertz CT molecular complexity index is 524. The van der Waals surface area contributed by atoms with Gasteiger partial charge in [0.2, 0.25) is 0 Å². The molecule has 2 rings (SSSR count). The molecule has 0 radical (unpaired) electrons. The summed E-state index contributed by atoms with van der Waals surface area (Å²) in [5.41, 5.74) is 1.08. The van der Waals surface area contributed by atoms with Gasteiger partial charge in [0.1, 0.15) is 15.8 Å². The van der Waals surface area contributed by atoms with Crippen LogP contribution in [0, 0.1) is 0 Å². The predicted molar refractivity (Wildman–Crippen MR) is 83.2 cm³/mol. The van der Waals surface area contributed by atoms with Gasteiger partial charge in [-0.15, -0.1) is 10.2 Å². The van der Waals surface area contributed by atoms with Gasteiger partial charge in [-0.2, -0.15) is 0 Å². The molecule has 0 aliphatic carbocycles. The summed E-state index contributed by atoms with van der Waals surface area (Å²) in [6.45, 7) is 5.01. The van der Waals surface area contributed by atoms with Gasteiger partial charge < -0.3 is 10.1 Å². The number of rotatable bonds is 7. The minimum atomic E-state index is 0.234. The molecule has 0 bridgehead atoms. The molecule has 2 aromatic rings. The molecule has 0 fully saturated rings. The number of benzene rings is 1. The molecule has 0 saturated carbocycles. The zero-order chi connectivity index (χ0) is 14.4. The van der Waals surface area contributed by atoms with E-state index in [1.807, 2.05) is 31.3 Å². The topological polar surface area (TPSA) is 47.0 Å². The molecule has 1 aromatic carbocycles. The molecule has 0 aliphatic rings. The number of aromatic nitrogens is 2. The van der Waals surface area contributed by atoms with Crippen LogP contribution in [0.25, 0.3) is 10.6 Å². The second-order valence-electron chi connectivity index (χ2n) is 4.68. The van der Waals surface area contributed by atoms with Crippen molar-refractivity contribution in [1.29, 1.82) is 0 Å². The average Bonchev–Trinajstić information content (AvgIpc) is 2.97. The van der Waals surface area contributed by atoms with Crippen LogP contribution in [0.2, 0.25) is 0 Å². The van der Waals surface area contributed by atoms with Crippen molar-refractivity contribution in [3.05, 3.63) is 29.3 Å². The minimum Gasteiger partial charge on any atom is -0.494 e.